The van der Waals surface area contributed by atoms with E-state index in [-0.39, 0.29) is 6.54 Å². The molecule has 2 atom stereocenters. The Morgan fingerprint density at radius 2 is 2.21 bits per heavy atom. The quantitative estimate of drug-likeness (QED) is 0.584. The second-order valence-corrected chi connectivity index (χ2v) is 4.52. The fraction of sp³-hybridized carbons (Fsp3) is 0.900. The van der Waals surface area contributed by atoms with Crippen LogP contribution in [0.1, 0.15) is 26.7 Å². The topological polar surface area (TPSA) is 69.6 Å². The lowest BCUT2D eigenvalue weighted by atomic mass is 10.1. The Bertz CT molecular complexity index is 211. The van der Waals surface area contributed by atoms with Crippen molar-refractivity contribution in [2.45, 2.75) is 32.3 Å². The van der Waals surface area contributed by atoms with E-state index in [9.17, 15) is 9.90 Å². The summed E-state index contributed by atoms with van der Waals surface area (Å²) in [5, 5.41) is 21.0. The lowest BCUT2D eigenvalue weighted by Gasteiger charge is -2.20. The molecule has 4 nitrogen and oxygen atoms in total. The van der Waals surface area contributed by atoms with Crippen LogP contribution in [-0.4, -0.2) is 34.9 Å². The number of carboxylic acids is 1. The first-order valence-corrected chi connectivity index (χ1v) is 5.10. The normalized spacial score (nSPS) is 22.8. The van der Waals surface area contributed by atoms with Gasteiger partial charge in [0.25, 0.3) is 0 Å². The predicted molar refractivity (Wildman–Crippen MR) is 53.0 cm³/mol. The summed E-state index contributed by atoms with van der Waals surface area (Å²) < 4.78 is 0. The molecule has 4 heteroatoms. The summed E-state index contributed by atoms with van der Waals surface area (Å²) in [5.41, 5.74) is -1.65. The van der Waals surface area contributed by atoms with Crippen LogP contribution in [0.15, 0.2) is 0 Å². The van der Waals surface area contributed by atoms with Crippen LogP contribution in [0, 0.1) is 11.8 Å². The van der Waals surface area contributed by atoms with E-state index in [0.29, 0.717) is 5.92 Å². The molecule has 0 aromatic heterocycles. The van der Waals surface area contributed by atoms with E-state index in [2.05, 4.69) is 12.2 Å². The molecule has 0 aliphatic heterocycles. The summed E-state index contributed by atoms with van der Waals surface area (Å²) in [7, 11) is 0. The van der Waals surface area contributed by atoms with Crippen LogP contribution < -0.4 is 5.32 Å². The fourth-order valence-corrected chi connectivity index (χ4v) is 1.45. The van der Waals surface area contributed by atoms with E-state index >= 15 is 0 Å². The van der Waals surface area contributed by atoms with Crippen molar-refractivity contribution in [2.75, 3.05) is 13.1 Å². The van der Waals surface area contributed by atoms with Crippen LogP contribution in [0.2, 0.25) is 0 Å². The van der Waals surface area contributed by atoms with E-state index in [4.69, 9.17) is 5.11 Å². The summed E-state index contributed by atoms with van der Waals surface area (Å²) in [6, 6.07) is 0. The van der Waals surface area contributed by atoms with Crippen LogP contribution in [0.5, 0.6) is 0 Å². The first-order valence-electron chi connectivity index (χ1n) is 5.10. The summed E-state index contributed by atoms with van der Waals surface area (Å²) >= 11 is 0. The molecule has 0 aromatic carbocycles. The van der Waals surface area contributed by atoms with Crippen molar-refractivity contribution in [3.8, 4) is 0 Å². The van der Waals surface area contributed by atoms with Crippen LogP contribution in [0.25, 0.3) is 0 Å². The molecule has 0 amide bonds. The molecule has 1 fully saturated rings. The van der Waals surface area contributed by atoms with Crippen molar-refractivity contribution in [1.82, 2.24) is 5.32 Å². The van der Waals surface area contributed by atoms with Crippen molar-refractivity contribution < 1.29 is 15.0 Å². The second kappa shape index (κ2) is 4.28. The monoisotopic (exact) mass is 201 g/mol. The number of rotatable bonds is 6. The molecule has 82 valence electrons. The average molecular weight is 201 g/mol. The van der Waals surface area contributed by atoms with E-state index in [0.717, 1.165) is 12.5 Å². The highest BCUT2D eigenvalue weighted by Gasteiger charge is 2.31. The summed E-state index contributed by atoms with van der Waals surface area (Å²) in [5.74, 6) is 0.209. The van der Waals surface area contributed by atoms with Gasteiger partial charge in [0.2, 0.25) is 0 Å². The van der Waals surface area contributed by atoms with Crippen molar-refractivity contribution >= 4 is 5.97 Å². The molecule has 0 bridgehead atoms. The van der Waals surface area contributed by atoms with Crippen molar-refractivity contribution in [3.63, 3.8) is 0 Å². The Labute approximate surface area is 84.3 Å². The maximum atomic E-state index is 10.6. The van der Waals surface area contributed by atoms with E-state index in [1.165, 1.54) is 19.8 Å². The Morgan fingerprint density at radius 3 is 2.64 bits per heavy atom. The van der Waals surface area contributed by atoms with Gasteiger partial charge in [-0.15, -0.1) is 0 Å². The number of aliphatic hydroxyl groups is 1. The third-order valence-corrected chi connectivity index (χ3v) is 2.82. The Hall–Kier alpha value is -0.610. The lowest BCUT2D eigenvalue weighted by molar-refractivity contribution is -0.156. The first kappa shape index (κ1) is 11.5. The van der Waals surface area contributed by atoms with Crippen molar-refractivity contribution in [2.24, 2.45) is 11.8 Å². The Morgan fingerprint density at radius 1 is 1.64 bits per heavy atom. The van der Waals surface area contributed by atoms with Gasteiger partial charge >= 0.3 is 5.97 Å². The zero-order valence-electron chi connectivity index (χ0n) is 8.79. The van der Waals surface area contributed by atoms with Crippen LogP contribution >= 0.6 is 0 Å². The number of carboxylic acid groups (broad SMARTS) is 1. The summed E-state index contributed by atoms with van der Waals surface area (Å²) in [6.45, 7) is 4.36. The molecule has 1 saturated carbocycles. The first-order chi connectivity index (χ1) is 6.43. The molecule has 1 rings (SSSR count). The van der Waals surface area contributed by atoms with Gasteiger partial charge in [-0.3, -0.25) is 0 Å². The molecule has 0 radical (unpaired) electrons. The van der Waals surface area contributed by atoms with Crippen molar-refractivity contribution in [1.29, 1.82) is 0 Å². The molecule has 14 heavy (non-hydrogen) atoms. The van der Waals surface area contributed by atoms with E-state index in [1.807, 2.05) is 0 Å². The lowest BCUT2D eigenvalue weighted by Crippen LogP contribution is -2.45. The van der Waals surface area contributed by atoms with Gasteiger partial charge in [-0.25, -0.2) is 4.79 Å². The van der Waals surface area contributed by atoms with Gasteiger partial charge in [-0.05, 0) is 38.1 Å². The third kappa shape index (κ3) is 3.27. The highest BCUT2D eigenvalue weighted by atomic mass is 16.4. The van der Waals surface area contributed by atoms with Gasteiger partial charge in [0.05, 0.1) is 0 Å². The minimum Gasteiger partial charge on any atom is -0.479 e. The zero-order chi connectivity index (χ0) is 10.8. The Balaban J connectivity index is 2.16. The molecule has 0 aromatic rings. The fourth-order valence-electron chi connectivity index (χ4n) is 1.45. The summed E-state index contributed by atoms with van der Waals surface area (Å²) in [6.07, 6.45) is 2.58. The van der Waals surface area contributed by atoms with E-state index < -0.39 is 11.6 Å². The van der Waals surface area contributed by atoms with Gasteiger partial charge in [0.15, 0.2) is 5.60 Å². The Kier molecular flexibility index (Phi) is 3.50. The number of nitrogens with one attached hydrogen (secondary N) is 1. The van der Waals surface area contributed by atoms with Gasteiger partial charge in [-0.1, -0.05) is 6.92 Å². The molecule has 0 heterocycles. The van der Waals surface area contributed by atoms with Crippen LogP contribution in [0.3, 0.4) is 0 Å². The number of hydrogen-bond donors (Lipinski definition) is 3. The molecule has 3 N–H and O–H groups in total. The van der Waals surface area contributed by atoms with Crippen LogP contribution in [0.4, 0.5) is 0 Å². The van der Waals surface area contributed by atoms with Gasteiger partial charge in [0.1, 0.15) is 0 Å². The maximum absolute atomic E-state index is 10.6. The van der Waals surface area contributed by atoms with Gasteiger partial charge < -0.3 is 15.5 Å². The smallest absolute Gasteiger partial charge is 0.336 e. The average Bonchev–Trinajstić information content (AvgIpc) is 2.85. The molecule has 1 aliphatic carbocycles. The minimum atomic E-state index is -1.65. The van der Waals surface area contributed by atoms with Gasteiger partial charge in [0, 0.05) is 6.54 Å². The summed E-state index contributed by atoms with van der Waals surface area (Å²) in [4.78, 5) is 10.6. The van der Waals surface area contributed by atoms with Crippen molar-refractivity contribution in [3.05, 3.63) is 0 Å². The molecular formula is C10H19NO3. The number of aliphatic carboxylic acids is 1. The number of carbonyl (C=O) groups is 1. The molecule has 0 saturated heterocycles. The SMILES string of the molecule is CC(CNCC(C)(O)C(=O)O)C1CC1. The molecule has 0 spiro atoms. The highest BCUT2D eigenvalue weighted by molar-refractivity contribution is 5.76. The maximum Gasteiger partial charge on any atom is 0.336 e. The van der Waals surface area contributed by atoms with E-state index in [1.54, 1.807) is 0 Å². The largest absolute Gasteiger partial charge is 0.479 e. The second-order valence-electron chi connectivity index (χ2n) is 4.52. The third-order valence-electron chi connectivity index (χ3n) is 2.82. The zero-order valence-corrected chi connectivity index (χ0v) is 8.79. The molecule has 1 aliphatic rings. The molecule has 2 unspecified atom stereocenters. The number of hydrogen-bond acceptors (Lipinski definition) is 3. The highest BCUT2D eigenvalue weighted by Crippen LogP contribution is 2.36. The molecular weight excluding hydrogens is 182 g/mol. The standard InChI is InChI=1S/C10H19NO3/c1-7(8-3-4-8)5-11-6-10(2,14)9(12)13/h7-8,11,14H,3-6H2,1-2H3,(H,12,13). The predicted octanol–water partition coefficient (Wildman–Crippen LogP) is 0.458. The van der Waals surface area contributed by atoms with Gasteiger partial charge in [-0.2, -0.15) is 0 Å². The van der Waals surface area contributed by atoms with Crippen LogP contribution in [-0.2, 0) is 4.79 Å². The minimum absolute atomic E-state index is 0.111.